The summed E-state index contributed by atoms with van der Waals surface area (Å²) in [5, 5.41) is 7.67. The monoisotopic (exact) mass is 699 g/mol. The summed E-state index contributed by atoms with van der Waals surface area (Å²) in [5.41, 5.74) is 13.0. The minimum absolute atomic E-state index is 1.10. The van der Waals surface area contributed by atoms with Gasteiger partial charge < -0.3 is 4.90 Å². The third-order valence-corrected chi connectivity index (χ3v) is 10.8. The van der Waals surface area contributed by atoms with Crippen LogP contribution in [0.3, 0.4) is 0 Å². The molecule has 0 fully saturated rings. The molecule has 0 aromatic heterocycles. The Bertz CT molecular complexity index is 2930. The van der Waals surface area contributed by atoms with Crippen molar-refractivity contribution in [1.29, 1.82) is 0 Å². The average Bonchev–Trinajstić information content (AvgIpc) is 3.27. The Labute approximate surface area is 322 Å². The summed E-state index contributed by atoms with van der Waals surface area (Å²) in [6.07, 6.45) is 0. The maximum absolute atomic E-state index is 2.37. The highest BCUT2D eigenvalue weighted by atomic mass is 15.1. The molecular weight excluding hydrogens is 663 g/mol. The Morgan fingerprint density at radius 3 is 1.33 bits per heavy atom. The fraction of sp³-hybridized carbons (Fsp3) is 0. The van der Waals surface area contributed by atoms with E-state index < -0.39 is 0 Å². The molecule has 0 saturated carbocycles. The van der Waals surface area contributed by atoms with Crippen LogP contribution in [0.5, 0.6) is 0 Å². The lowest BCUT2D eigenvalue weighted by atomic mass is 9.90. The van der Waals surface area contributed by atoms with Crippen molar-refractivity contribution in [2.75, 3.05) is 4.90 Å². The van der Waals surface area contributed by atoms with Crippen LogP contribution in [0.1, 0.15) is 0 Å². The van der Waals surface area contributed by atoms with Crippen LogP contribution in [-0.4, -0.2) is 0 Å². The minimum Gasteiger partial charge on any atom is -0.310 e. The molecule has 0 unspecified atom stereocenters. The van der Waals surface area contributed by atoms with E-state index in [1.807, 2.05) is 0 Å². The summed E-state index contributed by atoms with van der Waals surface area (Å²) in [6, 6.07) is 81.3. The van der Waals surface area contributed by atoms with Crippen molar-refractivity contribution in [3.8, 4) is 44.5 Å². The van der Waals surface area contributed by atoms with Crippen LogP contribution in [0.4, 0.5) is 17.1 Å². The summed E-state index contributed by atoms with van der Waals surface area (Å²) >= 11 is 0. The van der Waals surface area contributed by atoms with Crippen LogP contribution in [0.2, 0.25) is 0 Å². The van der Waals surface area contributed by atoms with Gasteiger partial charge in [0.05, 0.1) is 0 Å². The molecule has 1 heteroatoms. The summed E-state index contributed by atoms with van der Waals surface area (Å²) in [6.45, 7) is 0. The molecule has 0 atom stereocenters. The van der Waals surface area contributed by atoms with E-state index >= 15 is 0 Å². The van der Waals surface area contributed by atoms with Crippen molar-refractivity contribution in [3.05, 3.63) is 224 Å². The quantitative estimate of drug-likeness (QED) is 0.150. The van der Waals surface area contributed by atoms with E-state index in [2.05, 4.69) is 229 Å². The first-order valence-corrected chi connectivity index (χ1v) is 18.9. The first-order chi connectivity index (χ1) is 27.3. The number of benzene rings is 10. The van der Waals surface area contributed by atoms with Crippen LogP contribution < -0.4 is 4.90 Å². The Hall–Kier alpha value is -7.22. The van der Waals surface area contributed by atoms with Crippen molar-refractivity contribution in [1.82, 2.24) is 0 Å². The largest absolute Gasteiger partial charge is 0.310 e. The van der Waals surface area contributed by atoms with E-state index in [1.165, 1.54) is 76.8 Å². The third kappa shape index (κ3) is 6.12. The molecule has 0 amide bonds. The maximum Gasteiger partial charge on any atom is 0.0467 e. The third-order valence-electron chi connectivity index (χ3n) is 10.8. The SMILES string of the molecule is c1ccc(-c2ccc(-c3ccc(N(c4ccc(-c5cc6ccc7ccccc7c6c6ccccc56)cc4)c4cccc(-c5ccccc5)c4)cc3)cc2)cc1. The highest BCUT2D eigenvalue weighted by Crippen LogP contribution is 2.41. The molecule has 0 bridgehead atoms. The molecule has 258 valence electrons. The van der Waals surface area contributed by atoms with Gasteiger partial charge in [-0.05, 0) is 119 Å². The zero-order valence-corrected chi connectivity index (χ0v) is 30.3. The molecule has 1 nitrogen and oxygen atoms in total. The molecule has 0 radical (unpaired) electrons. The fourth-order valence-corrected chi connectivity index (χ4v) is 8.10. The average molecular weight is 700 g/mol. The van der Waals surface area contributed by atoms with Crippen LogP contribution in [0, 0.1) is 0 Å². The van der Waals surface area contributed by atoms with Crippen molar-refractivity contribution < 1.29 is 0 Å². The smallest absolute Gasteiger partial charge is 0.0467 e. The number of fused-ring (bicyclic) bond motifs is 5. The molecule has 0 spiro atoms. The number of nitrogens with zero attached hydrogens (tertiary/aromatic N) is 1. The fourth-order valence-electron chi connectivity index (χ4n) is 8.10. The van der Waals surface area contributed by atoms with Crippen molar-refractivity contribution in [3.63, 3.8) is 0 Å². The summed E-state index contributed by atoms with van der Waals surface area (Å²) < 4.78 is 0. The number of anilines is 3. The molecule has 55 heavy (non-hydrogen) atoms. The van der Waals surface area contributed by atoms with Crippen LogP contribution >= 0.6 is 0 Å². The standard InChI is InChI=1S/C54H37N/c1-3-12-38(13-4-1)40-22-24-41(25-23-40)42-28-32-47(33-29-42)55(49-18-11-17-45(36-49)39-14-5-2-6-15-39)48-34-30-44(31-35-48)53-37-46-27-26-43-16-7-8-19-50(43)54(46)52-21-10-9-20-51(52)53/h1-37H. The van der Waals surface area contributed by atoms with Gasteiger partial charge in [0.25, 0.3) is 0 Å². The molecule has 0 saturated heterocycles. The van der Waals surface area contributed by atoms with Gasteiger partial charge in [-0.3, -0.25) is 0 Å². The van der Waals surface area contributed by atoms with Crippen LogP contribution in [0.15, 0.2) is 224 Å². The first-order valence-electron chi connectivity index (χ1n) is 18.9. The van der Waals surface area contributed by atoms with Crippen molar-refractivity contribution >= 4 is 49.4 Å². The predicted molar refractivity (Wildman–Crippen MR) is 235 cm³/mol. The highest BCUT2D eigenvalue weighted by Gasteiger charge is 2.16. The van der Waals surface area contributed by atoms with E-state index in [-0.39, 0.29) is 0 Å². The molecule has 10 aromatic rings. The van der Waals surface area contributed by atoms with E-state index in [0.29, 0.717) is 0 Å². The molecule has 0 aliphatic carbocycles. The lowest BCUT2D eigenvalue weighted by molar-refractivity contribution is 1.28. The number of hydrogen-bond acceptors (Lipinski definition) is 1. The van der Waals surface area contributed by atoms with Gasteiger partial charge in [0.1, 0.15) is 0 Å². The van der Waals surface area contributed by atoms with Gasteiger partial charge in [-0.25, -0.2) is 0 Å². The summed E-state index contributed by atoms with van der Waals surface area (Å²) in [5.74, 6) is 0. The molecule has 0 aliphatic rings. The lowest BCUT2D eigenvalue weighted by Crippen LogP contribution is -2.10. The summed E-state index contributed by atoms with van der Waals surface area (Å²) in [4.78, 5) is 2.36. The second-order valence-corrected chi connectivity index (χ2v) is 14.1. The number of rotatable bonds is 7. The lowest BCUT2D eigenvalue weighted by Gasteiger charge is -2.26. The van der Waals surface area contributed by atoms with Crippen molar-refractivity contribution in [2.24, 2.45) is 0 Å². The zero-order valence-electron chi connectivity index (χ0n) is 30.3. The van der Waals surface area contributed by atoms with Gasteiger partial charge in [-0.15, -0.1) is 0 Å². The molecule has 0 aliphatic heterocycles. The molecule has 10 rings (SSSR count). The van der Waals surface area contributed by atoms with E-state index in [9.17, 15) is 0 Å². The Kier molecular flexibility index (Phi) is 8.24. The van der Waals surface area contributed by atoms with Gasteiger partial charge in [0.15, 0.2) is 0 Å². The van der Waals surface area contributed by atoms with Gasteiger partial charge in [0.2, 0.25) is 0 Å². The predicted octanol–water partition coefficient (Wildman–Crippen LogP) is 15.3. The molecule has 10 aromatic carbocycles. The zero-order chi connectivity index (χ0) is 36.6. The van der Waals surface area contributed by atoms with Crippen LogP contribution in [-0.2, 0) is 0 Å². The van der Waals surface area contributed by atoms with Crippen molar-refractivity contribution in [2.45, 2.75) is 0 Å². The van der Waals surface area contributed by atoms with Crippen LogP contribution in [0.25, 0.3) is 76.8 Å². The minimum atomic E-state index is 1.10. The molecule has 0 N–H and O–H groups in total. The molecule has 0 heterocycles. The second-order valence-electron chi connectivity index (χ2n) is 14.1. The van der Waals surface area contributed by atoms with Gasteiger partial charge in [-0.2, -0.15) is 0 Å². The Balaban J connectivity index is 1.05. The normalized spacial score (nSPS) is 11.3. The molecular formula is C54H37N. The number of hydrogen-bond donors (Lipinski definition) is 0. The summed E-state index contributed by atoms with van der Waals surface area (Å²) in [7, 11) is 0. The topological polar surface area (TPSA) is 3.24 Å². The van der Waals surface area contributed by atoms with E-state index in [1.54, 1.807) is 0 Å². The first kappa shape index (κ1) is 32.4. The van der Waals surface area contributed by atoms with E-state index in [0.717, 1.165) is 17.1 Å². The Morgan fingerprint density at radius 1 is 0.236 bits per heavy atom. The van der Waals surface area contributed by atoms with Gasteiger partial charge in [0, 0.05) is 17.1 Å². The van der Waals surface area contributed by atoms with Gasteiger partial charge >= 0.3 is 0 Å². The maximum atomic E-state index is 2.37. The highest BCUT2D eigenvalue weighted by molar-refractivity contribution is 6.23. The Morgan fingerprint density at radius 2 is 0.691 bits per heavy atom. The second kappa shape index (κ2) is 14.0. The van der Waals surface area contributed by atoms with E-state index in [4.69, 9.17) is 0 Å². The van der Waals surface area contributed by atoms with Gasteiger partial charge in [-0.1, -0.05) is 182 Å².